The number of likely N-dealkylation sites (tertiary alicyclic amines) is 1. The summed E-state index contributed by atoms with van der Waals surface area (Å²) < 4.78 is 7.33. The molecule has 1 aliphatic rings. The summed E-state index contributed by atoms with van der Waals surface area (Å²) in [6.45, 7) is 9.01. The molecule has 23 heavy (non-hydrogen) atoms. The van der Waals surface area contributed by atoms with Gasteiger partial charge in [0.05, 0.1) is 5.69 Å². The SMILES string of the molecule is Cc1cc(CC(NN)C2CCN(C(=O)OC(C)(C)C)C2)n(C)n1. The van der Waals surface area contributed by atoms with Crippen LogP contribution < -0.4 is 11.3 Å². The van der Waals surface area contributed by atoms with Gasteiger partial charge in [-0.05, 0) is 46.1 Å². The number of carbonyl (C=O) groups is 1. The lowest BCUT2D eigenvalue weighted by atomic mass is 9.95. The maximum atomic E-state index is 12.2. The highest BCUT2D eigenvalue weighted by molar-refractivity contribution is 5.68. The predicted molar refractivity (Wildman–Crippen MR) is 88.7 cm³/mol. The maximum absolute atomic E-state index is 12.2. The van der Waals surface area contributed by atoms with Crippen LogP contribution in [-0.2, 0) is 18.2 Å². The predicted octanol–water partition coefficient (Wildman–Crippen LogP) is 1.36. The van der Waals surface area contributed by atoms with Gasteiger partial charge in [0.25, 0.3) is 0 Å². The lowest BCUT2D eigenvalue weighted by Crippen LogP contribution is -2.44. The van der Waals surface area contributed by atoms with Gasteiger partial charge >= 0.3 is 6.09 Å². The number of hydrogen-bond donors (Lipinski definition) is 2. The lowest BCUT2D eigenvalue weighted by Gasteiger charge is -2.26. The second kappa shape index (κ2) is 6.88. The third-order valence-electron chi connectivity index (χ3n) is 4.19. The normalized spacial score (nSPS) is 19.9. The molecule has 3 N–H and O–H groups in total. The van der Waals surface area contributed by atoms with Gasteiger partial charge in [-0.15, -0.1) is 0 Å². The summed E-state index contributed by atoms with van der Waals surface area (Å²) >= 11 is 0. The third kappa shape index (κ3) is 4.68. The molecule has 2 heterocycles. The zero-order chi connectivity index (χ0) is 17.2. The number of aromatic nitrogens is 2. The van der Waals surface area contributed by atoms with Crippen LogP contribution in [0, 0.1) is 12.8 Å². The van der Waals surface area contributed by atoms with Crippen LogP contribution in [0.2, 0.25) is 0 Å². The van der Waals surface area contributed by atoms with E-state index in [9.17, 15) is 4.79 Å². The third-order valence-corrected chi connectivity index (χ3v) is 4.19. The van der Waals surface area contributed by atoms with E-state index < -0.39 is 5.60 Å². The molecule has 0 bridgehead atoms. The van der Waals surface area contributed by atoms with E-state index in [2.05, 4.69) is 16.6 Å². The highest BCUT2D eigenvalue weighted by Crippen LogP contribution is 2.24. The molecule has 1 fully saturated rings. The first-order valence-corrected chi connectivity index (χ1v) is 8.13. The topological polar surface area (TPSA) is 85.4 Å². The number of nitrogens with one attached hydrogen (secondary N) is 1. The first-order chi connectivity index (χ1) is 10.7. The number of nitrogens with two attached hydrogens (primary N) is 1. The van der Waals surface area contributed by atoms with Crippen LogP contribution in [0.15, 0.2) is 6.07 Å². The Bertz CT molecular complexity index is 549. The van der Waals surface area contributed by atoms with Gasteiger partial charge in [-0.2, -0.15) is 5.10 Å². The van der Waals surface area contributed by atoms with E-state index >= 15 is 0 Å². The number of amides is 1. The average molecular weight is 323 g/mol. The van der Waals surface area contributed by atoms with Gasteiger partial charge in [0.1, 0.15) is 5.60 Å². The quantitative estimate of drug-likeness (QED) is 0.645. The summed E-state index contributed by atoms with van der Waals surface area (Å²) in [6.07, 6.45) is 1.47. The van der Waals surface area contributed by atoms with Crippen molar-refractivity contribution in [1.29, 1.82) is 0 Å². The molecular weight excluding hydrogens is 294 g/mol. The first kappa shape index (κ1) is 17.7. The molecule has 1 aliphatic heterocycles. The molecule has 7 heteroatoms. The standard InChI is InChI=1S/C16H29N5O2/c1-11-8-13(20(5)19-11)9-14(18-17)12-6-7-21(10-12)15(22)23-16(2,3)4/h8,12,14,18H,6-7,9-10,17H2,1-5H3. The number of aryl methyl sites for hydroxylation is 2. The van der Waals surface area contributed by atoms with Crippen molar-refractivity contribution in [3.8, 4) is 0 Å². The number of hydrogen-bond acceptors (Lipinski definition) is 5. The lowest BCUT2D eigenvalue weighted by molar-refractivity contribution is 0.0285. The van der Waals surface area contributed by atoms with Crippen LogP contribution >= 0.6 is 0 Å². The number of hydrazine groups is 1. The molecule has 130 valence electrons. The molecule has 1 aromatic heterocycles. The van der Waals surface area contributed by atoms with E-state index in [1.165, 1.54) is 0 Å². The van der Waals surface area contributed by atoms with Crippen LogP contribution in [0.3, 0.4) is 0 Å². The average Bonchev–Trinajstić information content (AvgIpc) is 3.01. The Morgan fingerprint density at radius 3 is 2.78 bits per heavy atom. The fourth-order valence-corrected chi connectivity index (χ4v) is 3.05. The molecule has 7 nitrogen and oxygen atoms in total. The van der Waals surface area contributed by atoms with E-state index in [1.807, 2.05) is 39.4 Å². The summed E-state index contributed by atoms with van der Waals surface area (Å²) in [7, 11) is 1.94. The van der Waals surface area contributed by atoms with Gasteiger partial charge in [-0.25, -0.2) is 4.79 Å². The van der Waals surface area contributed by atoms with E-state index in [0.717, 1.165) is 24.2 Å². The largest absolute Gasteiger partial charge is 0.444 e. The van der Waals surface area contributed by atoms with Crippen LogP contribution in [0.5, 0.6) is 0 Å². The molecule has 1 saturated heterocycles. The summed E-state index contributed by atoms with van der Waals surface area (Å²) in [5.41, 5.74) is 4.59. The molecular formula is C16H29N5O2. The van der Waals surface area contributed by atoms with Crippen molar-refractivity contribution < 1.29 is 9.53 Å². The van der Waals surface area contributed by atoms with Crippen LogP contribution in [0.25, 0.3) is 0 Å². The summed E-state index contributed by atoms with van der Waals surface area (Å²) in [4.78, 5) is 13.9. The van der Waals surface area contributed by atoms with Crippen molar-refractivity contribution in [3.63, 3.8) is 0 Å². The number of nitrogens with zero attached hydrogens (tertiary/aromatic N) is 3. The highest BCUT2D eigenvalue weighted by atomic mass is 16.6. The number of rotatable bonds is 4. The summed E-state index contributed by atoms with van der Waals surface area (Å²) in [5, 5.41) is 4.37. The zero-order valence-electron chi connectivity index (χ0n) is 14.8. The summed E-state index contributed by atoms with van der Waals surface area (Å²) in [5.74, 6) is 6.07. The zero-order valence-corrected chi connectivity index (χ0v) is 14.8. The first-order valence-electron chi connectivity index (χ1n) is 8.13. The Hall–Kier alpha value is -1.60. The number of ether oxygens (including phenoxy) is 1. The molecule has 0 saturated carbocycles. The van der Waals surface area contributed by atoms with Gasteiger partial charge in [-0.1, -0.05) is 0 Å². The van der Waals surface area contributed by atoms with Crippen molar-refractivity contribution in [2.75, 3.05) is 13.1 Å². The second-order valence-electron chi connectivity index (χ2n) is 7.35. The second-order valence-corrected chi connectivity index (χ2v) is 7.35. The molecule has 2 rings (SSSR count). The molecule has 0 aliphatic carbocycles. The van der Waals surface area contributed by atoms with Gasteiger partial charge in [0.2, 0.25) is 0 Å². The Kier molecular flexibility index (Phi) is 5.31. The van der Waals surface area contributed by atoms with Crippen molar-refractivity contribution in [2.24, 2.45) is 18.8 Å². The van der Waals surface area contributed by atoms with Crippen molar-refractivity contribution >= 4 is 6.09 Å². The van der Waals surface area contributed by atoms with Crippen molar-refractivity contribution in [1.82, 2.24) is 20.1 Å². The van der Waals surface area contributed by atoms with E-state index in [0.29, 0.717) is 19.0 Å². The van der Waals surface area contributed by atoms with E-state index in [1.54, 1.807) is 4.90 Å². The van der Waals surface area contributed by atoms with Crippen LogP contribution in [-0.4, -0.2) is 45.5 Å². The van der Waals surface area contributed by atoms with Gasteiger partial charge in [-0.3, -0.25) is 16.0 Å². The molecule has 0 radical (unpaired) electrons. The molecule has 1 amide bonds. The van der Waals surface area contributed by atoms with E-state index in [-0.39, 0.29) is 12.1 Å². The van der Waals surface area contributed by atoms with Gasteiger partial charge in [0.15, 0.2) is 0 Å². The molecule has 0 aromatic carbocycles. The smallest absolute Gasteiger partial charge is 0.410 e. The van der Waals surface area contributed by atoms with Crippen molar-refractivity contribution in [2.45, 2.75) is 52.2 Å². The van der Waals surface area contributed by atoms with E-state index in [4.69, 9.17) is 10.6 Å². The fraction of sp³-hybridized carbons (Fsp3) is 0.750. The molecule has 0 spiro atoms. The summed E-state index contributed by atoms with van der Waals surface area (Å²) in [6, 6.07) is 2.18. The molecule has 1 aromatic rings. The maximum Gasteiger partial charge on any atom is 0.410 e. The molecule has 2 atom stereocenters. The minimum atomic E-state index is -0.465. The van der Waals surface area contributed by atoms with Gasteiger partial charge in [0, 0.05) is 38.3 Å². The van der Waals surface area contributed by atoms with Crippen LogP contribution in [0.4, 0.5) is 4.79 Å². The Morgan fingerprint density at radius 2 is 2.26 bits per heavy atom. The Labute approximate surface area is 138 Å². The minimum Gasteiger partial charge on any atom is -0.444 e. The monoisotopic (exact) mass is 323 g/mol. The minimum absolute atomic E-state index is 0.109. The number of carbonyl (C=O) groups excluding carboxylic acids is 1. The van der Waals surface area contributed by atoms with Crippen LogP contribution in [0.1, 0.15) is 38.6 Å². The highest BCUT2D eigenvalue weighted by Gasteiger charge is 2.34. The van der Waals surface area contributed by atoms with Crippen molar-refractivity contribution in [3.05, 3.63) is 17.5 Å². The fourth-order valence-electron chi connectivity index (χ4n) is 3.05. The molecule has 2 unspecified atom stereocenters. The van der Waals surface area contributed by atoms with Gasteiger partial charge < -0.3 is 9.64 Å². The Balaban J connectivity index is 1.96. The Morgan fingerprint density at radius 1 is 1.57 bits per heavy atom.